The van der Waals surface area contributed by atoms with Crippen molar-refractivity contribution in [3.63, 3.8) is 0 Å². The molecule has 1 aliphatic carbocycles. The molecule has 0 unspecified atom stereocenters. The van der Waals surface area contributed by atoms with Crippen LogP contribution >= 0.6 is 0 Å². The summed E-state index contributed by atoms with van der Waals surface area (Å²) >= 11 is 0. The van der Waals surface area contributed by atoms with Crippen LogP contribution in [0.25, 0.3) is 0 Å². The van der Waals surface area contributed by atoms with E-state index in [2.05, 4.69) is 27.6 Å². The molecule has 0 atom stereocenters. The number of nitrogens with one attached hydrogen (secondary N) is 1. The van der Waals surface area contributed by atoms with Crippen LogP contribution in [0.2, 0.25) is 0 Å². The zero-order valence-corrected chi connectivity index (χ0v) is 12.5. The molecular weight excluding hydrogens is 266 g/mol. The fraction of sp³-hybridized carbons (Fsp3) is 0.500. The van der Waals surface area contributed by atoms with Crippen molar-refractivity contribution < 1.29 is 9.26 Å². The van der Waals surface area contributed by atoms with E-state index in [0.29, 0.717) is 12.5 Å². The van der Waals surface area contributed by atoms with E-state index in [-0.39, 0.29) is 5.92 Å². The van der Waals surface area contributed by atoms with Crippen LogP contribution in [-0.2, 0) is 13.2 Å². The summed E-state index contributed by atoms with van der Waals surface area (Å²) in [4.78, 5) is 4.29. The summed E-state index contributed by atoms with van der Waals surface area (Å²) in [5, 5.41) is 7.40. The van der Waals surface area contributed by atoms with Gasteiger partial charge in [0.15, 0.2) is 12.4 Å². The highest BCUT2D eigenvalue weighted by molar-refractivity contribution is 5.27. The Morgan fingerprint density at radius 1 is 1.29 bits per heavy atom. The Morgan fingerprint density at radius 2 is 2.05 bits per heavy atom. The molecule has 0 radical (unpaired) electrons. The van der Waals surface area contributed by atoms with E-state index in [0.717, 1.165) is 24.2 Å². The maximum absolute atomic E-state index is 5.66. The van der Waals surface area contributed by atoms with Crippen LogP contribution in [0.3, 0.4) is 0 Å². The van der Waals surface area contributed by atoms with Gasteiger partial charge in [0, 0.05) is 18.5 Å². The van der Waals surface area contributed by atoms with Crippen molar-refractivity contribution >= 4 is 0 Å². The third-order valence-electron chi connectivity index (χ3n) is 3.46. The van der Waals surface area contributed by atoms with Gasteiger partial charge in [-0.1, -0.05) is 31.1 Å². The molecule has 0 aliphatic heterocycles. The molecule has 112 valence electrons. The molecule has 1 saturated carbocycles. The molecule has 1 aromatic heterocycles. The third-order valence-corrected chi connectivity index (χ3v) is 3.46. The lowest BCUT2D eigenvalue weighted by atomic mass is 10.2. The van der Waals surface area contributed by atoms with Crippen molar-refractivity contribution in [1.29, 1.82) is 0 Å². The van der Waals surface area contributed by atoms with E-state index in [1.54, 1.807) is 0 Å². The first kappa shape index (κ1) is 14.1. The van der Waals surface area contributed by atoms with Gasteiger partial charge in [-0.3, -0.25) is 0 Å². The van der Waals surface area contributed by atoms with Gasteiger partial charge >= 0.3 is 0 Å². The Balaban J connectivity index is 1.49. The van der Waals surface area contributed by atoms with Gasteiger partial charge in [0.2, 0.25) is 0 Å². The lowest BCUT2D eigenvalue weighted by molar-refractivity contribution is 0.242. The highest BCUT2D eigenvalue weighted by Crippen LogP contribution is 2.20. The number of ether oxygens (including phenoxy) is 1. The Hall–Kier alpha value is -1.88. The molecule has 1 aromatic carbocycles. The molecule has 1 aliphatic rings. The predicted octanol–water partition coefficient (Wildman–Crippen LogP) is 3.02. The fourth-order valence-corrected chi connectivity index (χ4v) is 1.96. The van der Waals surface area contributed by atoms with Crippen molar-refractivity contribution in [2.75, 3.05) is 0 Å². The molecule has 0 amide bonds. The number of aromatic nitrogens is 2. The molecule has 3 rings (SSSR count). The van der Waals surface area contributed by atoms with E-state index in [9.17, 15) is 0 Å². The van der Waals surface area contributed by atoms with Crippen LogP contribution in [0, 0.1) is 0 Å². The Kier molecular flexibility index (Phi) is 4.20. The van der Waals surface area contributed by atoms with Gasteiger partial charge in [-0.2, -0.15) is 4.98 Å². The number of rotatable bonds is 7. The van der Waals surface area contributed by atoms with Crippen molar-refractivity contribution in [2.45, 2.75) is 51.8 Å². The minimum Gasteiger partial charge on any atom is -0.484 e. The predicted molar refractivity (Wildman–Crippen MR) is 79.0 cm³/mol. The van der Waals surface area contributed by atoms with Crippen molar-refractivity contribution in [1.82, 2.24) is 15.5 Å². The molecule has 5 nitrogen and oxygen atoms in total. The monoisotopic (exact) mass is 287 g/mol. The number of hydrogen-bond acceptors (Lipinski definition) is 5. The largest absolute Gasteiger partial charge is 0.484 e. The smallest absolute Gasteiger partial charge is 0.264 e. The fourth-order valence-electron chi connectivity index (χ4n) is 1.96. The lowest BCUT2D eigenvalue weighted by Crippen LogP contribution is -2.15. The minimum absolute atomic E-state index is 0.265. The Labute approximate surface area is 124 Å². The van der Waals surface area contributed by atoms with Crippen LogP contribution in [0.1, 0.15) is 49.9 Å². The highest BCUT2D eigenvalue weighted by atomic mass is 16.5. The van der Waals surface area contributed by atoms with E-state index in [1.807, 2.05) is 26.0 Å². The summed E-state index contributed by atoms with van der Waals surface area (Å²) in [5.74, 6) is 2.31. The summed E-state index contributed by atoms with van der Waals surface area (Å²) in [6.45, 7) is 5.29. The van der Waals surface area contributed by atoms with Gasteiger partial charge in [0.05, 0.1) is 0 Å². The summed E-state index contributed by atoms with van der Waals surface area (Å²) in [6, 6.07) is 8.84. The first-order valence-corrected chi connectivity index (χ1v) is 7.48. The SMILES string of the molecule is CC(C)c1noc(COc2ccc(CNC3CC3)cc2)n1. The second kappa shape index (κ2) is 6.26. The van der Waals surface area contributed by atoms with E-state index < -0.39 is 0 Å². The van der Waals surface area contributed by atoms with Gasteiger partial charge in [0.25, 0.3) is 5.89 Å². The molecule has 1 fully saturated rings. The minimum atomic E-state index is 0.265. The standard InChI is InChI=1S/C16H21N3O2/c1-11(2)16-18-15(21-19-16)10-20-14-7-3-12(4-8-14)9-17-13-5-6-13/h3-4,7-8,11,13,17H,5-6,9-10H2,1-2H3. The molecule has 0 bridgehead atoms. The first-order chi connectivity index (χ1) is 10.2. The molecule has 0 saturated heterocycles. The zero-order chi connectivity index (χ0) is 14.7. The van der Waals surface area contributed by atoms with Crippen LogP contribution in [0.5, 0.6) is 5.75 Å². The van der Waals surface area contributed by atoms with Crippen LogP contribution in [0.15, 0.2) is 28.8 Å². The summed E-state index contributed by atoms with van der Waals surface area (Å²) in [7, 11) is 0. The van der Waals surface area contributed by atoms with E-state index in [4.69, 9.17) is 9.26 Å². The van der Waals surface area contributed by atoms with Gasteiger partial charge in [-0.25, -0.2) is 0 Å². The number of nitrogens with zero attached hydrogens (tertiary/aromatic N) is 2. The highest BCUT2D eigenvalue weighted by Gasteiger charge is 2.19. The summed E-state index contributed by atoms with van der Waals surface area (Å²) in [6.07, 6.45) is 2.62. The normalized spacial score (nSPS) is 14.6. The molecule has 1 N–H and O–H groups in total. The first-order valence-electron chi connectivity index (χ1n) is 7.48. The lowest BCUT2D eigenvalue weighted by Gasteiger charge is -2.06. The molecule has 0 spiro atoms. The number of benzene rings is 1. The van der Waals surface area contributed by atoms with Crippen molar-refractivity contribution in [3.8, 4) is 5.75 Å². The van der Waals surface area contributed by atoms with Crippen molar-refractivity contribution in [2.24, 2.45) is 0 Å². The Morgan fingerprint density at radius 3 is 2.67 bits per heavy atom. The topological polar surface area (TPSA) is 60.2 Å². The summed E-state index contributed by atoms with van der Waals surface area (Å²) < 4.78 is 10.8. The van der Waals surface area contributed by atoms with Crippen LogP contribution < -0.4 is 10.1 Å². The van der Waals surface area contributed by atoms with Gasteiger partial charge in [-0.15, -0.1) is 0 Å². The second-order valence-electron chi connectivity index (χ2n) is 5.79. The molecule has 2 aromatic rings. The maximum atomic E-state index is 5.66. The second-order valence-corrected chi connectivity index (χ2v) is 5.79. The maximum Gasteiger partial charge on any atom is 0.264 e. The average molecular weight is 287 g/mol. The molecule has 5 heteroatoms. The van der Waals surface area contributed by atoms with Gasteiger partial charge in [0.1, 0.15) is 5.75 Å². The quantitative estimate of drug-likeness (QED) is 0.848. The molecule has 1 heterocycles. The number of hydrogen-bond donors (Lipinski definition) is 1. The average Bonchev–Trinajstić information content (AvgIpc) is 3.19. The van der Waals surface area contributed by atoms with E-state index in [1.165, 1.54) is 18.4 Å². The zero-order valence-electron chi connectivity index (χ0n) is 12.5. The van der Waals surface area contributed by atoms with E-state index >= 15 is 0 Å². The molecular formula is C16H21N3O2. The third kappa shape index (κ3) is 4.04. The van der Waals surface area contributed by atoms with Gasteiger partial charge in [-0.05, 0) is 30.5 Å². The van der Waals surface area contributed by atoms with Gasteiger partial charge < -0.3 is 14.6 Å². The van der Waals surface area contributed by atoms with Crippen LogP contribution in [0.4, 0.5) is 0 Å². The van der Waals surface area contributed by atoms with Crippen molar-refractivity contribution in [3.05, 3.63) is 41.5 Å². The van der Waals surface area contributed by atoms with Crippen LogP contribution in [-0.4, -0.2) is 16.2 Å². The Bertz CT molecular complexity index is 573. The summed E-state index contributed by atoms with van der Waals surface area (Å²) in [5.41, 5.74) is 1.27. The molecule has 21 heavy (non-hydrogen) atoms.